The van der Waals surface area contributed by atoms with Gasteiger partial charge in [-0.05, 0) is 41.2 Å². The summed E-state index contributed by atoms with van der Waals surface area (Å²) in [6.07, 6.45) is 3.52. The molecular formula is C13H14BBrN4. The van der Waals surface area contributed by atoms with E-state index in [0.29, 0.717) is 11.4 Å². The normalized spacial score (nSPS) is 11.4. The van der Waals surface area contributed by atoms with Gasteiger partial charge in [0.25, 0.3) is 0 Å². The molecule has 0 bridgehead atoms. The Labute approximate surface area is 121 Å². The Morgan fingerprint density at radius 1 is 1.47 bits per heavy atom. The van der Waals surface area contributed by atoms with E-state index in [1.54, 1.807) is 13.1 Å². The van der Waals surface area contributed by atoms with Crippen LogP contribution < -0.4 is 5.23 Å². The van der Waals surface area contributed by atoms with E-state index in [9.17, 15) is 0 Å². The largest absolute Gasteiger partial charge is 0.436 e. The van der Waals surface area contributed by atoms with E-state index < -0.39 is 0 Å². The number of aromatic nitrogens is 2. The van der Waals surface area contributed by atoms with Crippen LogP contribution in [0.3, 0.4) is 0 Å². The first-order valence-electron chi connectivity index (χ1n) is 6.04. The molecule has 0 aliphatic rings. The van der Waals surface area contributed by atoms with Crippen LogP contribution in [0.5, 0.6) is 0 Å². The van der Waals surface area contributed by atoms with Gasteiger partial charge in [0.15, 0.2) is 0 Å². The summed E-state index contributed by atoms with van der Waals surface area (Å²) in [5.41, 5.74) is 3.58. The zero-order valence-electron chi connectivity index (χ0n) is 10.9. The second kappa shape index (κ2) is 5.97. The molecule has 1 heterocycles. The lowest BCUT2D eigenvalue weighted by Crippen LogP contribution is -2.11. The van der Waals surface area contributed by atoms with Gasteiger partial charge in [-0.3, -0.25) is 4.98 Å². The molecule has 2 rings (SSSR count). The van der Waals surface area contributed by atoms with Crippen LogP contribution in [0.25, 0.3) is 16.6 Å². The van der Waals surface area contributed by atoms with Crippen LogP contribution >= 0.6 is 15.9 Å². The molecule has 0 unspecified atom stereocenters. The first kappa shape index (κ1) is 13.7. The summed E-state index contributed by atoms with van der Waals surface area (Å²) in [5.74, 6) is 0. The molecule has 0 aliphatic carbocycles. The summed E-state index contributed by atoms with van der Waals surface area (Å²) in [5, 5.41) is 10.9. The second-order valence-electron chi connectivity index (χ2n) is 4.10. The molecule has 96 valence electrons. The van der Waals surface area contributed by atoms with Crippen molar-refractivity contribution in [1.82, 2.24) is 15.2 Å². The third-order valence-electron chi connectivity index (χ3n) is 2.65. The summed E-state index contributed by atoms with van der Waals surface area (Å²) < 4.78 is 0.924. The van der Waals surface area contributed by atoms with E-state index in [-0.39, 0.29) is 0 Å². The van der Waals surface area contributed by atoms with Crippen LogP contribution in [-0.2, 0) is 0 Å². The highest BCUT2D eigenvalue weighted by molar-refractivity contribution is 9.10. The lowest BCUT2D eigenvalue weighted by Gasteiger charge is -2.07. The Bertz CT molecular complexity index is 654. The molecule has 19 heavy (non-hydrogen) atoms. The molecule has 0 aliphatic heterocycles. The molecule has 2 aromatic rings. The quantitative estimate of drug-likeness (QED) is 0.673. The van der Waals surface area contributed by atoms with Crippen molar-refractivity contribution in [3.8, 4) is 0 Å². The number of nitrogens with one attached hydrogen (secondary N) is 2. The van der Waals surface area contributed by atoms with Gasteiger partial charge in [0.05, 0.1) is 17.4 Å². The van der Waals surface area contributed by atoms with Crippen molar-refractivity contribution in [3.05, 3.63) is 40.8 Å². The van der Waals surface area contributed by atoms with Crippen LogP contribution in [-0.4, -0.2) is 23.1 Å². The fourth-order valence-electron chi connectivity index (χ4n) is 1.71. The number of rotatable bonds is 4. The Balaban J connectivity index is 2.53. The molecule has 0 amide bonds. The maximum absolute atomic E-state index is 7.83. The molecular weight excluding hydrogens is 303 g/mol. The minimum absolute atomic E-state index is 0.463. The van der Waals surface area contributed by atoms with Crippen molar-refractivity contribution in [3.63, 3.8) is 0 Å². The molecule has 1 aromatic carbocycles. The SMILES string of the molecule is CBN/C=C(\C(C)=N)c1cnc2c(Br)cccc2n1. The molecule has 2 N–H and O–H groups in total. The zero-order chi connectivity index (χ0) is 13.8. The van der Waals surface area contributed by atoms with Crippen molar-refractivity contribution in [2.24, 2.45) is 0 Å². The standard InChI is InChI=1S/C13H14BBrN4/c1-8(16)9(6-18-14-2)12-7-17-13-10(15)4-3-5-11(13)19-12/h3-7,14,16,18H,1-2H3/b9-6+,16-8?. The van der Waals surface area contributed by atoms with E-state index in [4.69, 9.17) is 5.41 Å². The molecule has 6 heteroatoms. The van der Waals surface area contributed by atoms with E-state index in [1.165, 1.54) is 0 Å². The number of allylic oxidation sites excluding steroid dienone is 1. The average Bonchev–Trinajstić information content (AvgIpc) is 2.39. The van der Waals surface area contributed by atoms with Crippen molar-refractivity contribution >= 4 is 45.7 Å². The van der Waals surface area contributed by atoms with Gasteiger partial charge >= 0.3 is 0 Å². The fraction of sp³-hybridized carbons (Fsp3) is 0.154. The highest BCUT2D eigenvalue weighted by atomic mass is 79.9. The van der Waals surface area contributed by atoms with Crippen LogP contribution in [0, 0.1) is 5.41 Å². The van der Waals surface area contributed by atoms with E-state index in [2.05, 4.69) is 31.1 Å². The summed E-state index contributed by atoms with van der Waals surface area (Å²) in [6, 6.07) is 5.78. The second-order valence-corrected chi connectivity index (χ2v) is 4.96. The monoisotopic (exact) mass is 316 g/mol. The molecule has 1 aromatic heterocycles. The summed E-state index contributed by atoms with van der Waals surface area (Å²) in [6.45, 7) is 3.76. The van der Waals surface area contributed by atoms with Gasteiger partial charge in [0.1, 0.15) is 5.52 Å². The van der Waals surface area contributed by atoms with Gasteiger partial charge in [0.2, 0.25) is 7.41 Å². The number of fused-ring (bicyclic) bond motifs is 1. The van der Waals surface area contributed by atoms with Crippen LogP contribution in [0.1, 0.15) is 12.6 Å². The number of halogens is 1. The van der Waals surface area contributed by atoms with Gasteiger partial charge in [0, 0.05) is 15.8 Å². The number of hydrogen-bond donors (Lipinski definition) is 2. The Hall–Kier alpha value is -1.69. The summed E-state index contributed by atoms with van der Waals surface area (Å²) in [7, 11) is 0.809. The number of benzene rings is 1. The van der Waals surface area contributed by atoms with Crippen molar-refractivity contribution in [1.29, 1.82) is 5.41 Å². The summed E-state index contributed by atoms with van der Waals surface area (Å²) >= 11 is 3.46. The first-order valence-corrected chi connectivity index (χ1v) is 6.83. The molecule has 0 fully saturated rings. The van der Waals surface area contributed by atoms with Crippen molar-refractivity contribution in [2.75, 3.05) is 0 Å². The summed E-state index contributed by atoms with van der Waals surface area (Å²) in [4.78, 5) is 8.99. The lowest BCUT2D eigenvalue weighted by molar-refractivity contribution is 1.24. The van der Waals surface area contributed by atoms with Crippen LogP contribution in [0.15, 0.2) is 35.1 Å². The molecule has 0 saturated heterocycles. The zero-order valence-corrected chi connectivity index (χ0v) is 12.5. The maximum atomic E-state index is 7.83. The highest BCUT2D eigenvalue weighted by Crippen LogP contribution is 2.22. The van der Waals surface area contributed by atoms with E-state index in [0.717, 1.165) is 28.5 Å². The van der Waals surface area contributed by atoms with Crippen molar-refractivity contribution < 1.29 is 0 Å². The predicted molar refractivity (Wildman–Crippen MR) is 84.8 cm³/mol. The Kier molecular flexibility index (Phi) is 4.32. The minimum atomic E-state index is 0.463. The lowest BCUT2D eigenvalue weighted by atomic mass is 10.00. The van der Waals surface area contributed by atoms with Gasteiger partial charge < -0.3 is 10.6 Å². The molecule has 0 saturated carbocycles. The van der Waals surface area contributed by atoms with Gasteiger partial charge in [-0.1, -0.05) is 12.9 Å². The van der Waals surface area contributed by atoms with Gasteiger partial charge in [-0.25, -0.2) is 4.98 Å². The number of nitrogens with zero attached hydrogens (tertiary/aromatic N) is 2. The van der Waals surface area contributed by atoms with Crippen LogP contribution in [0.2, 0.25) is 6.82 Å². The third kappa shape index (κ3) is 3.01. The molecule has 4 nitrogen and oxygen atoms in total. The maximum Gasteiger partial charge on any atom is 0.228 e. The van der Waals surface area contributed by atoms with Crippen LogP contribution in [0.4, 0.5) is 0 Å². The highest BCUT2D eigenvalue weighted by Gasteiger charge is 2.09. The van der Waals surface area contributed by atoms with Gasteiger partial charge in [-0.2, -0.15) is 0 Å². The fourth-order valence-corrected chi connectivity index (χ4v) is 2.17. The number of para-hydroxylation sites is 1. The van der Waals surface area contributed by atoms with E-state index in [1.807, 2.05) is 31.2 Å². The average molecular weight is 317 g/mol. The molecule has 0 spiro atoms. The van der Waals surface area contributed by atoms with E-state index >= 15 is 0 Å². The smallest absolute Gasteiger partial charge is 0.228 e. The predicted octanol–water partition coefficient (Wildman–Crippen LogP) is 2.76. The molecule has 0 radical (unpaired) electrons. The topological polar surface area (TPSA) is 61.7 Å². The Morgan fingerprint density at radius 3 is 2.95 bits per heavy atom. The third-order valence-corrected chi connectivity index (χ3v) is 3.29. The minimum Gasteiger partial charge on any atom is -0.436 e. The Morgan fingerprint density at radius 2 is 2.26 bits per heavy atom. The van der Waals surface area contributed by atoms with Gasteiger partial charge in [-0.15, -0.1) is 0 Å². The molecule has 0 atom stereocenters. The van der Waals surface area contributed by atoms with Crippen molar-refractivity contribution in [2.45, 2.75) is 13.7 Å². The first-order chi connectivity index (χ1) is 9.13. The number of hydrogen-bond acceptors (Lipinski definition) is 4.